The fraction of sp³-hybridized carbons (Fsp3) is 0.500. The molecule has 8 heteroatoms. The Kier molecular flexibility index (Phi) is 7.32. The Hall–Kier alpha value is -3.00. The van der Waals surface area contributed by atoms with E-state index >= 15 is 0 Å². The summed E-state index contributed by atoms with van der Waals surface area (Å²) in [4.78, 5) is 26.8. The molecule has 1 aliphatic rings. The van der Waals surface area contributed by atoms with E-state index in [-0.39, 0.29) is 11.6 Å². The molecule has 0 radical (unpaired) electrons. The van der Waals surface area contributed by atoms with E-state index in [4.69, 9.17) is 9.47 Å². The van der Waals surface area contributed by atoms with Crippen LogP contribution in [0.2, 0.25) is 0 Å². The number of nitrogens with one attached hydrogen (secondary N) is 1. The van der Waals surface area contributed by atoms with Gasteiger partial charge in [0.15, 0.2) is 11.5 Å². The van der Waals surface area contributed by atoms with Crippen LogP contribution in [-0.4, -0.2) is 45.9 Å². The summed E-state index contributed by atoms with van der Waals surface area (Å²) in [5.74, 6) is 0.929. The molecule has 8 nitrogen and oxygen atoms in total. The highest BCUT2D eigenvalue weighted by molar-refractivity contribution is 5.78. The highest BCUT2D eigenvalue weighted by atomic mass is 16.5. The highest BCUT2D eigenvalue weighted by Gasteiger charge is 2.18. The Morgan fingerprint density at radius 2 is 1.91 bits per heavy atom. The first-order valence-corrected chi connectivity index (χ1v) is 11.4. The van der Waals surface area contributed by atoms with Gasteiger partial charge in [0, 0.05) is 48.8 Å². The van der Waals surface area contributed by atoms with E-state index in [1.54, 1.807) is 30.1 Å². The van der Waals surface area contributed by atoms with Gasteiger partial charge in [-0.1, -0.05) is 26.2 Å². The average Bonchev–Trinajstić information content (AvgIpc) is 2.84. The largest absolute Gasteiger partial charge is 0.481 e. The quantitative estimate of drug-likeness (QED) is 0.505. The minimum Gasteiger partial charge on any atom is -0.481 e. The van der Waals surface area contributed by atoms with Gasteiger partial charge in [0.05, 0.1) is 19.2 Å². The number of fused-ring (bicyclic) bond motifs is 1. The van der Waals surface area contributed by atoms with Gasteiger partial charge >= 0.3 is 0 Å². The summed E-state index contributed by atoms with van der Waals surface area (Å²) in [5, 5.41) is 3.39. The molecule has 170 valence electrons. The molecule has 32 heavy (non-hydrogen) atoms. The first kappa shape index (κ1) is 22.2. The summed E-state index contributed by atoms with van der Waals surface area (Å²) in [5.41, 5.74) is 2.87. The summed E-state index contributed by atoms with van der Waals surface area (Å²) < 4.78 is 12.6. The third kappa shape index (κ3) is 5.07. The third-order valence-corrected chi connectivity index (χ3v) is 5.84. The van der Waals surface area contributed by atoms with Crippen molar-refractivity contribution >= 4 is 17.0 Å². The monoisotopic (exact) mass is 437 g/mol. The maximum atomic E-state index is 13.4. The third-order valence-electron chi connectivity index (χ3n) is 5.84. The number of aromatic nitrogens is 4. The van der Waals surface area contributed by atoms with Crippen molar-refractivity contribution in [1.29, 1.82) is 0 Å². The number of hydrogen-bond donors (Lipinski definition) is 1. The Morgan fingerprint density at radius 1 is 1.09 bits per heavy atom. The van der Waals surface area contributed by atoms with E-state index in [0.717, 1.165) is 30.4 Å². The lowest BCUT2D eigenvalue weighted by Crippen LogP contribution is -2.32. The second kappa shape index (κ2) is 10.5. The molecule has 0 aromatic carbocycles. The van der Waals surface area contributed by atoms with Crippen molar-refractivity contribution in [3.8, 4) is 17.0 Å². The second-order valence-corrected chi connectivity index (χ2v) is 8.16. The van der Waals surface area contributed by atoms with Crippen LogP contribution in [0.1, 0.15) is 45.4 Å². The Morgan fingerprint density at radius 3 is 2.62 bits per heavy atom. The van der Waals surface area contributed by atoms with Crippen LogP contribution in [-0.2, 0) is 11.3 Å². The maximum Gasteiger partial charge on any atom is 0.293 e. The molecule has 1 saturated carbocycles. The number of pyridine rings is 2. The summed E-state index contributed by atoms with van der Waals surface area (Å²) in [6, 6.07) is 5.97. The summed E-state index contributed by atoms with van der Waals surface area (Å²) in [7, 11) is 1.59. The smallest absolute Gasteiger partial charge is 0.293 e. The van der Waals surface area contributed by atoms with Crippen LogP contribution in [0.3, 0.4) is 0 Å². The zero-order valence-corrected chi connectivity index (χ0v) is 18.8. The van der Waals surface area contributed by atoms with Gasteiger partial charge in [-0.05, 0) is 31.4 Å². The first-order chi connectivity index (χ1) is 15.7. The van der Waals surface area contributed by atoms with Crippen LogP contribution in [0, 0.1) is 0 Å². The van der Waals surface area contributed by atoms with E-state index in [9.17, 15) is 4.79 Å². The predicted molar refractivity (Wildman–Crippen MR) is 125 cm³/mol. The van der Waals surface area contributed by atoms with Crippen LogP contribution < -0.4 is 15.6 Å². The van der Waals surface area contributed by atoms with E-state index < -0.39 is 0 Å². The molecule has 1 aliphatic carbocycles. The van der Waals surface area contributed by atoms with E-state index in [2.05, 4.69) is 27.2 Å². The number of rotatable bonds is 9. The first-order valence-electron chi connectivity index (χ1n) is 11.4. The van der Waals surface area contributed by atoms with Crippen LogP contribution in [0.25, 0.3) is 22.3 Å². The normalized spacial score (nSPS) is 14.6. The summed E-state index contributed by atoms with van der Waals surface area (Å²) >= 11 is 0. The van der Waals surface area contributed by atoms with Gasteiger partial charge in [0.2, 0.25) is 5.88 Å². The molecule has 0 saturated heterocycles. The molecule has 3 heterocycles. The fourth-order valence-electron chi connectivity index (χ4n) is 4.11. The average molecular weight is 438 g/mol. The van der Waals surface area contributed by atoms with Crippen LogP contribution >= 0.6 is 0 Å². The standard InChI is InChI=1S/C24H31N5O3/c1-3-12-32-13-11-29-20-14-18(17-9-10-21(31-2)25-15-17)16-26-22(20)28-23(24(29)30)27-19-7-5-4-6-8-19/h9-10,14-16,19H,3-8,11-13H2,1-2H3,(H,26,27,28). The Labute approximate surface area is 188 Å². The lowest BCUT2D eigenvalue weighted by atomic mass is 9.95. The minimum atomic E-state index is -0.130. The maximum absolute atomic E-state index is 13.4. The van der Waals surface area contributed by atoms with Gasteiger partial charge < -0.3 is 14.8 Å². The van der Waals surface area contributed by atoms with Gasteiger partial charge in [-0.25, -0.2) is 15.0 Å². The molecule has 0 aliphatic heterocycles. The van der Waals surface area contributed by atoms with Gasteiger partial charge in [-0.2, -0.15) is 0 Å². The van der Waals surface area contributed by atoms with Crippen LogP contribution in [0.4, 0.5) is 5.82 Å². The van der Waals surface area contributed by atoms with Crippen molar-refractivity contribution in [1.82, 2.24) is 19.5 Å². The van der Waals surface area contributed by atoms with Gasteiger partial charge in [0.1, 0.15) is 0 Å². The number of ether oxygens (including phenoxy) is 2. The second-order valence-electron chi connectivity index (χ2n) is 8.16. The predicted octanol–water partition coefficient (Wildman–Crippen LogP) is 4.03. The molecular formula is C24H31N5O3. The fourth-order valence-corrected chi connectivity index (χ4v) is 4.11. The molecule has 1 N–H and O–H groups in total. The van der Waals surface area contributed by atoms with Gasteiger partial charge in [-0.15, -0.1) is 0 Å². The Balaban J connectivity index is 1.71. The SMILES string of the molecule is CCCOCCn1c(=O)c(NC2CCCCC2)nc2ncc(-c3ccc(OC)nc3)cc21. The van der Waals surface area contributed by atoms with Gasteiger partial charge in [-0.3, -0.25) is 9.36 Å². The zero-order valence-electron chi connectivity index (χ0n) is 18.8. The zero-order chi connectivity index (χ0) is 22.3. The van der Waals surface area contributed by atoms with E-state index in [1.165, 1.54) is 19.3 Å². The summed E-state index contributed by atoms with van der Waals surface area (Å²) in [6.07, 6.45) is 10.2. The van der Waals surface area contributed by atoms with Crippen LogP contribution in [0.15, 0.2) is 35.4 Å². The van der Waals surface area contributed by atoms with Crippen molar-refractivity contribution in [2.45, 2.75) is 58.0 Å². The number of methoxy groups -OCH3 is 1. The van der Waals surface area contributed by atoms with E-state index in [1.807, 2.05) is 12.1 Å². The van der Waals surface area contributed by atoms with Crippen molar-refractivity contribution in [3.63, 3.8) is 0 Å². The van der Waals surface area contributed by atoms with Crippen molar-refractivity contribution in [3.05, 3.63) is 40.9 Å². The minimum absolute atomic E-state index is 0.130. The van der Waals surface area contributed by atoms with Gasteiger partial charge in [0.25, 0.3) is 5.56 Å². The lowest BCUT2D eigenvalue weighted by molar-refractivity contribution is 0.127. The Bertz CT molecular complexity index is 1090. The molecule has 4 rings (SSSR count). The van der Waals surface area contributed by atoms with Crippen molar-refractivity contribution < 1.29 is 9.47 Å². The summed E-state index contributed by atoms with van der Waals surface area (Å²) in [6.45, 7) is 3.65. The molecule has 1 fully saturated rings. The molecule has 0 unspecified atom stereocenters. The lowest BCUT2D eigenvalue weighted by Gasteiger charge is -2.23. The number of hydrogen-bond acceptors (Lipinski definition) is 7. The molecule has 3 aromatic rings. The van der Waals surface area contributed by atoms with Crippen LogP contribution in [0.5, 0.6) is 5.88 Å². The number of anilines is 1. The number of nitrogens with zero attached hydrogens (tertiary/aromatic N) is 4. The molecule has 0 spiro atoms. The van der Waals surface area contributed by atoms with Crippen molar-refractivity contribution in [2.24, 2.45) is 0 Å². The molecule has 0 atom stereocenters. The molecule has 0 amide bonds. The highest BCUT2D eigenvalue weighted by Crippen LogP contribution is 2.24. The molecular weight excluding hydrogens is 406 g/mol. The van der Waals surface area contributed by atoms with Crippen molar-refractivity contribution in [2.75, 3.05) is 25.6 Å². The van der Waals surface area contributed by atoms with E-state index in [0.29, 0.717) is 42.6 Å². The molecule has 0 bridgehead atoms. The topological polar surface area (TPSA) is 91.2 Å². The molecule has 3 aromatic heterocycles.